The molecule has 1 heterocycles. The maximum absolute atomic E-state index is 5.99. The smallest absolute Gasteiger partial charge is 0.158 e. The number of likely N-dealkylation sites (N-methyl/N-ethyl adjacent to an activating group) is 1. The quantitative estimate of drug-likeness (QED) is 0.325. The summed E-state index contributed by atoms with van der Waals surface area (Å²) in [5, 5.41) is 0. The third-order valence-electron chi connectivity index (χ3n) is 4.61. The average Bonchev–Trinajstić information content (AvgIpc) is 2.90. The van der Waals surface area contributed by atoms with Crippen LogP contribution in [-0.4, -0.2) is 51.2 Å². The second-order valence-electron chi connectivity index (χ2n) is 8.32. The van der Waals surface area contributed by atoms with Crippen LogP contribution in [0.3, 0.4) is 0 Å². The van der Waals surface area contributed by atoms with Gasteiger partial charge < -0.3 is 14.0 Å². The zero-order chi connectivity index (χ0) is 17.0. The third-order valence-corrected chi connectivity index (χ3v) is 4.61. The van der Waals surface area contributed by atoms with Gasteiger partial charge in [-0.25, -0.2) is 0 Å². The molecule has 3 nitrogen and oxygen atoms in total. The van der Waals surface area contributed by atoms with E-state index < -0.39 is 0 Å². The summed E-state index contributed by atoms with van der Waals surface area (Å²) in [6.07, 6.45) is 16.7. The first-order chi connectivity index (χ1) is 11.0. The van der Waals surface area contributed by atoms with Crippen LogP contribution < -0.4 is 0 Å². The first kappa shape index (κ1) is 20.9. The van der Waals surface area contributed by atoms with Gasteiger partial charge in [0, 0.05) is 0 Å². The molecule has 1 aliphatic heterocycles. The van der Waals surface area contributed by atoms with Crippen molar-refractivity contribution in [3.05, 3.63) is 0 Å². The monoisotopic (exact) mass is 328 g/mol. The topological polar surface area (TPSA) is 18.5 Å². The van der Waals surface area contributed by atoms with Crippen molar-refractivity contribution in [1.82, 2.24) is 0 Å². The van der Waals surface area contributed by atoms with Crippen molar-refractivity contribution in [2.75, 3.05) is 34.3 Å². The first-order valence-electron chi connectivity index (χ1n) is 10.1. The zero-order valence-electron chi connectivity index (χ0n) is 16.3. The largest absolute Gasteiger partial charge is 0.350 e. The van der Waals surface area contributed by atoms with Crippen LogP contribution in [0, 0.1) is 0 Å². The van der Waals surface area contributed by atoms with E-state index in [0.717, 1.165) is 24.1 Å². The lowest BCUT2D eigenvalue weighted by Gasteiger charge is -2.26. The molecular weight excluding hydrogens is 286 g/mol. The number of unbranched alkanes of at least 4 members (excludes halogenated alkanes) is 10. The number of ether oxygens (including phenoxy) is 2. The molecule has 0 amide bonds. The molecule has 138 valence electrons. The highest BCUT2D eigenvalue weighted by Crippen LogP contribution is 2.19. The summed E-state index contributed by atoms with van der Waals surface area (Å²) in [4.78, 5) is 0. The molecule has 0 spiro atoms. The van der Waals surface area contributed by atoms with Crippen LogP contribution in [0.15, 0.2) is 0 Å². The molecular formula is C20H42NO2+. The molecule has 0 radical (unpaired) electrons. The van der Waals surface area contributed by atoms with Gasteiger partial charge in [0.1, 0.15) is 12.6 Å². The Labute approximate surface area is 145 Å². The molecule has 2 atom stereocenters. The summed E-state index contributed by atoms with van der Waals surface area (Å²) in [6.45, 7) is 4.10. The fraction of sp³-hybridized carbons (Fsp3) is 1.00. The fourth-order valence-electron chi connectivity index (χ4n) is 3.34. The van der Waals surface area contributed by atoms with Gasteiger partial charge in [-0.05, 0) is 12.8 Å². The molecule has 3 heteroatoms. The molecule has 0 N–H and O–H groups in total. The Kier molecular flexibility index (Phi) is 11.2. The van der Waals surface area contributed by atoms with E-state index >= 15 is 0 Å². The van der Waals surface area contributed by atoms with E-state index in [1.54, 1.807) is 0 Å². The van der Waals surface area contributed by atoms with Gasteiger partial charge in [-0.2, -0.15) is 0 Å². The van der Waals surface area contributed by atoms with E-state index in [1.165, 1.54) is 70.6 Å². The fourth-order valence-corrected chi connectivity index (χ4v) is 3.34. The maximum atomic E-state index is 5.99. The Morgan fingerprint density at radius 2 is 1.30 bits per heavy atom. The average molecular weight is 329 g/mol. The molecule has 0 aromatic heterocycles. The lowest BCUT2D eigenvalue weighted by atomic mass is 10.1. The van der Waals surface area contributed by atoms with Crippen molar-refractivity contribution in [3.63, 3.8) is 0 Å². The Morgan fingerprint density at radius 1 is 0.783 bits per heavy atom. The molecule has 1 saturated heterocycles. The van der Waals surface area contributed by atoms with Gasteiger partial charge in [0.2, 0.25) is 0 Å². The molecule has 1 fully saturated rings. The summed E-state index contributed by atoms with van der Waals surface area (Å²) >= 11 is 0. The SMILES string of the molecule is CCCCCCCCCCCCC[C@H]1OC[C@H](C[N+](C)(C)C)O1. The second kappa shape index (κ2) is 12.3. The predicted molar refractivity (Wildman–Crippen MR) is 98.6 cm³/mol. The van der Waals surface area contributed by atoms with E-state index in [0.29, 0.717) is 0 Å². The molecule has 0 unspecified atom stereocenters. The number of nitrogens with zero attached hydrogens (tertiary/aromatic N) is 1. The molecule has 0 aromatic rings. The van der Waals surface area contributed by atoms with Gasteiger partial charge in [0.25, 0.3) is 0 Å². The van der Waals surface area contributed by atoms with E-state index in [4.69, 9.17) is 9.47 Å². The van der Waals surface area contributed by atoms with Crippen molar-refractivity contribution < 1.29 is 14.0 Å². The highest BCUT2D eigenvalue weighted by molar-refractivity contribution is 4.65. The predicted octanol–water partition coefficient (Wildman–Crippen LogP) is 5.14. The number of hydrogen-bond acceptors (Lipinski definition) is 2. The third kappa shape index (κ3) is 12.0. The normalized spacial score (nSPS) is 21.9. The standard InChI is InChI=1S/C20H42NO2/c1-5-6-7-8-9-10-11-12-13-14-15-16-20-22-18-19(23-20)17-21(2,3)4/h19-20H,5-18H2,1-4H3/q+1/t19-,20-/m0/s1. The molecule has 1 rings (SSSR count). The number of rotatable bonds is 14. The van der Waals surface area contributed by atoms with Gasteiger partial charge in [0.05, 0.1) is 27.7 Å². The van der Waals surface area contributed by atoms with Crippen molar-refractivity contribution in [2.24, 2.45) is 0 Å². The maximum Gasteiger partial charge on any atom is 0.158 e. The van der Waals surface area contributed by atoms with Crippen molar-refractivity contribution >= 4 is 0 Å². The molecule has 0 aliphatic carbocycles. The van der Waals surface area contributed by atoms with E-state index in [-0.39, 0.29) is 12.4 Å². The lowest BCUT2D eigenvalue weighted by molar-refractivity contribution is -0.873. The summed E-state index contributed by atoms with van der Waals surface area (Å²) in [5.74, 6) is 0. The van der Waals surface area contributed by atoms with Gasteiger partial charge in [-0.15, -0.1) is 0 Å². The Morgan fingerprint density at radius 3 is 1.83 bits per heavy atom. The van der Waals surface area contributed by atoms with E-state index in [1.807, 2.05) is 0 Å². The molecule has 1 aliphatic rings. The molecule has 0 saturated carbocycles. The van der Waals surface area contributed by atoms with Gasteiger partial charge >= 0.3 is 0 Å². The lowest BCUT2D eigenvalue weighted by Crippen LogP contribution is -2.42. The van der Waals surface area contributed by atoms with Gasteiger partial charge in [0.15, 0.2) is 6.29 Å². The highest BCUT2D eigenvalue weighted by Gasteiger charge is 2.29. The summed E-state index contributed by atoms with van der Waals surface area (Å²) in [7, 11) is 6.63. The van der Waals surface area contributed by atoms with Gasteiger partial charge in [-0.1, -0.05) is 71.1 Å². The minimum Gasteiger partial charge on any atom is -0.350 e. The van der Waals surface area contributed by atoms with Crippen LogP contribution in [0.25, 0.3) is 0 Å². The second-order valence-corrected chi connectivity index (χ2v) is 8.32. The highest BCUT2D eigenvalue weighted by atomic mass is 16.7. The summed E-state index contributed by atoms with van der Waals surface area (Å²) in [5.41, 5.74) is 0. The van der Waals surface area contributed by atoms with Crippen LogP contribution in [0.5, 0.6) is 0 Å². The zero-order valence-corrected chi connectivity index (χ0v) is 16.3. The van der Waals surface area contributed by atoms with Crippen molar-refractivity contribution in [2.45, 2.75) is 96.4 Å². The Hall–Kier alpha value is -0.120. The summed E-state index contributed by atoms with van der Waals surface area (Å²) < 4.78 is 12.7. The van der Waals surface area contributed by atoms with E-state index in [2.05, 4.69) is 28.1 Å². The molecule has 0 aromatic carbocycles. The van der Waals surface area contributed by atoms with E-state index in [9.17, 15) is 0 Å². The van der Waals surface area contributed by atoms with Crippen molar-refractivity contribution in [1.29, 1.82) is 0 Å². The minimum absolute atomic E-state index is 0.0603. The van der Waals surface area contributed by atoms with Crippen LogP contribution in [-0.2, 0) is 9.47 Å². The Balaban J connectivity index is 1.85. The molecule has 23 heavy (non-hydrogen) atoms. The van der Waals surface area contributed by atoms with Crippen LogP contribution in [0.4, 0.5) is 0 Å². The summed E-state index contributed by atoms with van der Waals surface area (Å²) in [6, 6.07) is 0. The molecule has 0 bridgehead atoms. The Bertz CT molecular complexity index is 275. The van der Waals surface area contributed by atoms with Crippen molar-refractivity contribution in [3.8, 4) is 0 Å². The van der Waals surface area contributed by atoms with Gasteiger partial charge in [-0.3, -0.25) is 0 Å². The number of quaternary nitrogens is 1. The minimum atomic E-state index is 0.0603. The van der Waals surface area contributed by atoms with Crippen LogP contribution >= 0.6 is 0 Å². The number of hydrogen-bond donors (Lipinski definition) is 0. The van der Waals surface area contributed by atoms with Crippen LogP contribution in [0.1, 0.15) is 84.0 Å². The first-order valence-corrected chi connectivity index (χ1v) is 10.1. The van der Waals surface area contributed by atoms with Crippen LogP contribution in [0.2, 0.25) is 0 Å².